The van der Waals surface area contributed by atoms with Crippen LogP contribution in [0.1, 0.15) is 6.42 Å². The van der Waals surface area contributed by atoms with E-state index in [2.05, 4.69) is 24.7 Å². The van der Waals surface area contributed by atoms with Crippen LogP contribution in [0.15, 0.2) is 0 Å². The molecule has 0 aromatic carbocycles. The Labute approximate surface area is 95.8 Å². The molecule has 0 N–H and O–H groups in total. The SMILES string of the molecule is CO[Si](CCCS)(OC)OC.[SiH3]S. The molecule has 0 saturated heterocycles. The summed E-state index contributed by atoms with van der Waals surface area (Å²) >= 11 is 7.77. The van der Waals surface area contributed by atoms with Gasteiger partial charge in [0.25, 0.3) is 0 Å². The Balaban J connectivity index is 0. The molecule has 0 aliphatic rings. The molecule has 0 fully saturated rings. The van der Waals surface area contributed by atoms with Gasteiger partial charge >= 0.3 is 8.80 Å². The maximum atomic E-state index is 5.20. The average Bonchev–Trinajstić information content (AvgIpc) is 2.24. The third-order valence-electron chi connectivity index (χ3n) is 1.57. The van der Waals surface area contributed by atoms with E-state index < -0.39 is 8.80 Å². The van der Waals surface area contributed by atoms with Crippen molar-refractivity contribution in [1.82, 2.24) is 0 Å². The Morgan fingerprint density at radius 1 is 1.08 bits per heavy atom. The van der Waals surface area contributed by atoms with Crippen LogP contribution in [-0.4, -0.2) is 45.3 Å². The molecule has 0 saturated carbocycles. The Bertz CT molecular complexity index is 95.6. The highest BCUT2D eigenvalue weighted by Gasteiger charge is 2.36. The van der Waals surface area contributed by atoms with Crippen molar-refractivity contribution in [3.8, 4) is 0 Å². The first-order valence-electron chi connectivity index (χ1n) is 3.95. The summed E-state index contributed by atoms with van der Waals surface area (Å²) in [4.78, 5) is 0. The Morgan fingerprint density at radius 3 is 1.69 bits per heavy atom. The largest absolute Gasteiger partial charge is 0.500 e. The molecule has 0 atom stereocenters. The highest BCUT2D eigenvalue weighted by molar-refractivity contribution is 8.03. The van der Waals surface area contributed by atoms with Gasteiger partial charge in [0.05, 0.1) is 9.39 Å². The van der Waals surface area contributed by atoms with E-state index in [1.165, 1.54) is 0 Å². The molecule has 0 aromatic rings. The zero-order valence-corrected chi connectivity index (χ0v) is 13.5. The molecule has 13 heavy (non-hydrogen) atoms. The lowest BCUT2D eigenvalue weighted by molar-refractivity contribution is 0.123. The van der Waals surface area contributed by atoms with Gasteiger partial charge in [-0.2, -0.15) is 12.6 Å². The van der Waals surface area contributed by atoms with Crippen molar-refractivity contribution >= 4 is 42.9 Å². The zero-order valence-electron chi connectivity index (χ0n) is 8.74. The molecule has 0 rings (SSSR count). The summed E-state index contributed by atoms with van der Waals surface area (Å²) in [7, 11) is 3.58. The topological polar surface area (TPSA) is 27.7 Å². The minimum absolute atomic E-state index is 0.833. The van der Waals surface area contributed by atoms with E-state index in [-0.39, 0.29) is 0 Å². The van der Waals surface area contributed by atoms with Gasteiger partial charge in [0.1, 0.15) is 0 Å². The fourth-order valence-corrected chi connectivity index (χ4v) is 3.03. The van der Waals surface area contributed by atoms with Gasteiger partial charge in [-0.15, -0.1) is 0 Å². The molecule has 7 heteroatoms. The molecular weight excluding hydrogens is 240 g/mol. The van der Waals surface area contributed by atoms with Crippen molar-refractivity contribution in [2.24, 2.45) is 0 Å². The summed E-state index contributed by atoms with van der Waals surface area (Å²) in [5.74, 6) is 0.838. The molecule has 0 amide bonds. The Kier molecular flexibility index (Phi) is 14.0. The van der Waals surface area contributed by atoms with E-state index in [1.54, 1.807) is 21.3 Å². The van der Waals surface area contributed by atoms with E-state index in [9.17, 15) is 0 Å². The summed E-state index contributed by atoms with van der Waals surface area (Å²) in [5.41, 5.74) is 0. The van der Waals surface area contributed by atoms with Gasteiger partial charge in [0, 0.05) is 27.4 Å². The van der Waals surface area contributed by atoms with Crippen LogP contribution < -0.4 is 0 Å². The lowest BCUT2D eigenvalue weighted by Gasteiger charge is -2.23. The zero-order chi connectivity index (χ0) is 10.7. The Morgan fingerprint density at radius 2 is 1.46 bits per heavy atom. The molecule has 0 radical (unpaired) electrons. The van der Waals surface area contributed by atoms with Gasteiger partial charge in [0.15, 0.2) is 0 Å². The normalized spacial score (nSPS) is 10.8. The van der Waals surface area contributed by atoms with Crippen LogP contribution in [0.3, 0.4) is 0 Å². The standard InChI is InChI=1S/C6H16O3SSi.H4SSi/c1-7-11(8-2,9-3)6-4-5-10;1-2/h10H,4-6H2,1-3H3;1H,2H3. The first-order valence-corrected chi connectivity index (χ1v) is 10.1. The summed E-state index contributed by atoms with van der Waals surface area (Å²) in [5, 5.41) is 0. The second-order valence-electron chi connectivity index (χ2n) is 2.12. The molecule has 82 valence electrons. The lowest BCUT2D eigenvalue weighted by Crippen LogP contribution is -2.42. The van der Waals surface area contributed by atoms with Gasteiger partial charge in [-0.05, 0) is 12.2 Å². The first kappa shape index (κ1) is 16.4. The minimum atomic E-state index is -2.29. The monoisotopic (exact) mass is 260 g/mol. The van der Waals surface area contributed by atoms with Crippen molar-refractivity contribution in [1.29, 1.82) is 0 Å². The molecule has 0 aliphatic carbocycles. The van der Waals surface area contributed by atoms with Crippen LogP contribution in [0, 0.1) is 0 Å². The second-order valence-corrected chi connectivity index (χ2v) is 5.66. The van der Waals surface area contributed by atoms with Crippen molar-refractivity contribution in [2.45, 2.75) is 12.5 Å². The quantitative estimate of drug-likeness (QED) is 0.534. The van der Waals surface area contributed by atoms with Gasteiger partial charge in [-0.1, -0.05) is 0 Å². The van der Waals surface area contributed by atoms with E-state index in [0.29, 0.717) is 0 Å². The number of thiol groups is 2. The summed E-state index contributed by atoms with van der Waals surface area (Å²) in [6.07, 6.45) is 0.963. The van der Waals surface area contributed by atoms with Gasteiger partial charge in [-0.25, -0.2) is 12.1 Å². The van der Waals surface area contributed by atoms with E-state index >= 15 is 0 Å². The maximum Gasteiger partial charge on any atom is 0.500 e. The third kappa shape index (κ3) is 7.00. The van der Waals surface area contributed by atoms with Crippen LogP contribution in [0.25, 0.3) is 0 Å². The smallest absolute Gasteiger partial charge is 0.377 e. The maximum absolute atomic E-state index is 5.20. The molecule has 0 heterocycles. The molecule has 0 aliphatic heterocycles. The van der Waals surface area contributed by atoms with Gasteiger partial charge < -0.3 is 13.3 Å². The molecule has 0 aromatic heterocycles. The van der Waals surface area contributed by atoms with Crippen molar-refractivity contribution in [3.05, 3.63) is 0 Å². The van der Waals surface area contributed by atoms with Crippen LogP contribution in [0.4, 0.5) is 0 Å². The highest BCUT2D eigenvalue weighted by atomic mass is 32.3. The predicted octanol–water partition coefficient (Wildman–Crippen LogP) is 0.381. The van der Waals surface area contributed by atoms with Crippen LogP contribution in [0.2, 0.25) is 6.04 Å². The third-order valence-corrected chi connectivity index (χ3v) is 4.72. The molecule has 0 bridgehead atoms. The first-order chi connectivity index (χ1) is 6.24. The molecule has 0 spiro atoms. The summed E-state index contributed by atoms with van der Waals surface area (Å²) in [6.45, 7) is 0. The highest BCUT2D eigenvalue weighted by Crippen LogP contribution is 2.14. The number of hydrogen-bond donors (Lipinski definition) is 2. The average molecular weight is 261 g/mol. The van der Waals surface area contributed by atoms with Crippen molar-refractivity contribution < 1.29 is 13.3 Å². The number of hydrogen-bond acceptors (Lipinski definition) is 5. The van der Waals surface area contributed by atoms with Crippen LogP contribution in [-0.2, 0) is 13.3 Å². The van der Waals surface area contributed by atoms with Gasteiger partial charge in [-0.3, -0.25) is 0 Å². The fourth-order valence-electron chi connectivity index (χ4n) is 0.852. The van der Waals surface area contributed by atoms with Crippen LogP contribution in [0.5, 0.6) is 0 Å². The Hall–Kier alpha value is 1.01. The molecule has 3 nitrogen and oxygen atoms in total. The van der Waals surface area contributed by atoms with Crippen LogP contribution >= 0.6 is 24.7 Å². The fraction of sp³-hybridized carbons (Fsp3) is 1.00. The second kappa shape index (κ2) is 11.1. The number of rotatable bonds is 6. The minimum Gasteiger partial charge on any atom is -0.377 e. The predicted molar refractivity (Wildman–Crippen MR) is 69.0 cm³/mol. The van der Waals surface area contributed by atoms with Crippen molar-refractivity contribution in [2.75, 3.05) is 27.1 Å². The lowest BCUT2D eigenvalue weighted by atomic mass is 10.6. The van der Waals surface area contributed by atoms with Gasteiger partial charge in [0.2, 0.25) is 0 Å². The summed E-state index contributed by atoms with van der Waals surface area (Å²) < 4.78 is 15.6. The summed E-state index contributed by atoms with van der Waals surface area (Å²) in [6, 6.07) is 0.833. The molecular formula is C6H20O3S2Si2. The van der Waals surface area contributed by atoms with E-state index in [1.807, 2.05) is 0 Å². The van der Waals surface area contributed by atoms with Crippen molar-refractivity contribution in [3.63, 3.8) is 0 Å². The molecule has 0 unspecified atom stereocenters. The van der Waals surface area contributed by atoms with E-state index in [4.69, 9.17) is 13.3 Å². The van der Waals surface area contributed by atoms with E-state index in [0.717, 1.165) is 27.6 Å².